The van der Waals surface area contributed by atoms with Crippen molar-refractivity contribution in [2.45, 2.75) is 24.3 Å². The Morgan fingerprint density at radius 2 is 1.71 bits per heavy atom. The number of hydrogen-bond donors (Lipinski definition) is 2. The summed E-state index contributed by atoms with van der Waals surface area (Å²) in [5.41, 5.74) is 4.29. The van der Waals surface area contributed by atoms with Crippen LogP contribution in [0.2, 0.25) is 0 Å². The third kappa shape index (κ3) is 5.56. The van der Waals surface area contributed by atoms with Gasteiger partial charge in [0.2, 0.25) is 0 Å². The molecule has 1 aliphatic rings. The first-order valence-corrected chi connectivity index (χ1v) is 14.2. The van der Waals surface area contributed by atoms with E-state index in [9.17, 15) is 13.2 Å². The Morgan fingerprint density at radius 3 is 2.34 bits per heavy atom. The van der Waals surface area contributed by atoms with E-state index < -0.39 is 16.1 Å². The molecule has 194 valence electrons. The topological polar surface area (TPSA) is 100 Å². The number of amides is 2. The van der Waals surface area contributed by atoms with Crippen LogP contribution in [0.25, 0.3) is 0 Å². The molecule has 5 rings (SSSR count). The quantitative estimate of drug-likeness (QED) is 0.299. The van der Waals surface area contributed by atoms with Crippen molar-refractivity contribution in [2.24, 2.45) is 5.10 Å². The molecule has 0 fully saturated rings. The Balaban J connectivity index is 1.36. The first-order chi connectivity index (χ1) is 18.3. The summed E-state index contributed by atoms with van der Waals surface area (Å²) >= 11 is 1.63. The minimum Gasteiger partial charge on any atom is -0.497 e. The summed E-state index contributed by atoms with van der Waals surface area (Å²) in [6.45, 7) is 1.92. The van der Waals surface area contributed by atoms with E-state index >= 15 is 0 Å². The van der Waals surface area contributed by atoms with Crippen LogP contribution in [0.15, 0.2) is 100 Å². The number of methoxy groups -OCH3 is 1. The van der Waals surface area contributed by atoms with Crippen LogP contribution in [-0.4, -0.2) is 27.3 Å². The fraction of sp³-hybridized carbons (Fsp3) is 0.143. The van der Waals surface area contributed by atoms with Crippen molar-refractivity contribution >= 4 is 44.5 Å². The van der Waals surface area contributed by atoms with Crippen LogP contribution in [0.3, 0.4) is 0 Å². The van der Waals surface area contributed by atoms with Gasteiger partial charge in [-0.1, -0.05) is 35.9 Å². The molecule has 2 heterocycles. The number of aryl methyl sites for hydroxylation is 1. The number of hydrazone groups is 1. The van der Waals surface area contributed by atoms with E-state index in [2.05, 4.69) is 10.0 Å². The Morgan fingerprint density at radius 1 is 1.00 bits per heavy atom. The zero-order valence-electron chi connectivity index (χ0n) is 20.8. The van der Waals surface area contributed by atoms with Gasteiger partial charge in [0.25, 0.3) is 10.0 Å². The number of urea groups is 1. The van der Waals surface area contributed by atoms with Crippen molar-refractivity contribution in [3.05, 3.63) is 106 Å². The highest BCUT2D eigenvalue weighted by molar-refractivity contribution is 7.90. The molecule has 0 saturated heterocycles. The van der Waals surface area contributed by atoms with Gasteiger partial charge in [-0.3, -0.25) is 5.01 Å². The summed E-state index contributed by atoms with van der Waals surface area (Å²) in [5.74, 6) is 0.770. The Hall–Kier alpha value is -4.15. The lowest BCUT2D eigenvalue weighted by Gasteiger charge is -2.24. The fourth-order valence-electron chi connectivity index (χ4n) is 4.18. The maximum Gasteiger partial charge on any atom is 0.333 e. The van der Waals surface area contributed by atoms with Gasteiger partial charge in [-0.2, -0.15) is 5.10 Å². The zero-order valence-corrected chi connectivity index (χ0v) is 22.4. The number of carbonyl (C=O) groups is 1. The molecule has 1 unspecified atom stereocenters. The number of ether oxygens (including phenoxy) is 1. The number of carbonyl (C=O) groups excluding carboxylic acids is 1. The molecular weight excluding hydrogens is 520 g/mol. The van der Waals surface area contributed by atoms with Crippen LogP contribution >= 0.6 is 11.3 Å². The molecule has 3 aromatic carbocycles. The highest BCUT2D eigenvalue weighted by Gasteiger charge is 2.30. The third-order valence-electron chi connectivity index (χ3n) is 6.16. The summed E-state index contributed by atoms with van der Waals surface area (Å²) in [6, 6.07) is 24.4. The van der Waals surface area contributed by atoms with Gasteiger partial charge in [0.1, 0.15) is 5.75 Å². The van der Waals surface area contributed by atoms with Gasteiger partial charge in [-0.25, -0.2) is 17.9 Å². The molecule has 10 heteroatoms. The van der Waals surface area contributed by atoms with Crippen LogP contribution in [-0.2, 0) is 10.0 Å². The van der Waals surface area contributed by atoms with Crippen LogP contribution in [0, 0.1) is 6.92 Å². The third-order valence-corrected chi connectivity index (χ3v) is 8.43. The molecule has 0 radical (unpaired) electrons. The normalized spacial score (nSPS) is 15.2. The molecule has 2 amide bonds. The smallest absolute Gasteiger partial charge is 0.333 e. The average molecular weight is 547 g/mol. The number of sulfonamides is 1. The van der Waals surface area contributed by atoms with Crippen molar-refractivity contribution in [3.8, 4) is 5.75 Å². The molecule has 4 aromatic rings. The van der Waals surface area contributed by atoms with E-state index in [1.807, 2.05) is 65.8 Å². The van der Waals surface area contributed by atoms with Crippen LogP contribution in [0.5, 0.6) is 5.75 Å². The van der Waals surface area contributed by atoms with Gasteiger partial charge in [0.15, 0.2) is 0 Å². The van der Waals surface area contributed by atoms with E-state index in [-0.39, 0.29) is 10.9 Å². The maximum atomic E-state index is 12.8. The molecular formula is C28H26N4O4S2. The number of hydrogen-bond acceptors (Lipinski definition) is 7. The van der Waals surface area contributed by atoms with Crippen LogP contribution in [0.1, 0.15) is 28.5 Å². The maximum absolute atomic E-state index is 12.8. The Kier molecular flexibility index (Phi) is 7.17. The molecule has 1 aromatic heterocycles. The van der Waals surface area contributed by atoms with Gasteiger partial charge in [-0.05, 0) is 72.5 Å². The molecule has 0 saturated carbocycles. The highest BCUT2D eigenvalue weighted by Crippen LogP contribution is 2.38. The number of nitrogens with one attached hydrogen (secondary N) is 2. The zero-order chi connectivity index (χ0) is 26.7. The van der Waals surface area contributed by atoms with Crippen LogP contribution in [0.4, 0.5) is 16.2 Å². The molecule has 2 N–H and O–H groups in total. The Labute approximate surface area is 225 Å². The lowest BCUT2D eigenvalue weighted by Crippen LogP contribution is -2.34. The van der Waals surface area contributed by atoms with Gasteiger partial charge in [0.05, 0.1) is 34.3 Å². The number of benzene rings is 3. The van der Waals surface area contributed by atoms with Gasteiger partial charge < -0.3 is 10.1 Å². The predicted molar refractivity (Wildman–Crippen MR) is 151 cm³/mol. The highest BCUT2D eigenvalue weighted by atomic mass is 32.2. The lowest BCUT2D eigenvalue weighted by atomic mass is 10.0. The fourth-order valence-corrected chi connectivity index (χ4v) is 5.81. The standard InChI is InChI=1S/C28H26N4O4S2/c1-19-5-9-21(10-6-19)29-28(33)31-38(34,35)24-15-11-22(12-16-24)32-26(20-7-13-23(36-2)14-8-20)18-25(30-32)27-4-3-17-37-27/h3-17,26H,18H2,1-2H3,(H2,29,31,33). The second-order valence-electron chi connectivity index (χ2n) is 8.78. The second kappa shape index (κ2) is 10.7. The van der Waals surface area contributed by atoms with Gasteiger partial charge in [-0.15, -0.1) is 11.3 Å². The Bertz CT molecular complexity index is 1550. The minimum absolute atomic E-state index is 0.0250. The van der Waals surface area contributed by atoms with Crippen molar-refractivity contribution in [1.29, 1.82) is 0 Å². The average Bonchev–Trinajstić information content (AvgIpc) is 3.60. The second-order valence-corrected chi connectivity index (χ2v) is 11.4. The summed E-state index contributed by atoms with van der Waals surface area (Å²) < 4.78 is 33.1. The monoisotopic (exact) mass is 546 g/mol. The number of anilines is 2. The SMILES string of the molecule is COc1ccc(C2CC(c3cccs3)=NN2c2ccc(S(=O)(=O)NC(=O)Nc3ccc(C)cc3)cc2)cc1. The summed E-state index contributed by atoms with van der Waals surface area (Å²) in [5, 5.41) is 11.4. The number of rotatable bonds is 7. The van der Waals surface area contributed by atoms with E-state index in [1.165, 1.54) is 12.1 Å². The number of nitrogens with zero attached hydrogens (tertiary/aromatic N) is 2. The van der Waals surface area contributed by atoms with Crippen molar-refractivity contribution in [3.63, 3.8) is 0 Å². The van der Waals surface area contributed by atoms with E-state index in [1.54, 1.807) is 42.7 Å². The molecule has 0 aliphatic carbocycles. The molecule has 8 nitrogen and oxygen atoms in total. The van der Waals surface area contributed by atoms with E-state index in [0.717, 1.165) is 33.2 Å². The molecule has 1 aliphatic heterocycles. The van der Waals surface area contributed by atoms with E-state index in [0.29, 0.717) is 12.1 Å². The molecule has 0 bridgehead atoms. The lowest BCUT2D eigenvalue weighted by molar-refractivity contribution is 0.256. The van der Waals surface area contributed by atoms with Crippen LogP contribution < -0.4 is 19.8 Å². The van der Waals surface area contributed by atoms with E-state index in [4.69, 9.17) is 9.84 Å². The summed E-state index contributed by atoms with van der Waals surface area (Å²) in [4.78, 5) is 13.4. The van der Waals surface area contributed by atoms with Gasteiger partial charge >= 0.3 is 6.03 Å². The first kappa shape index (κ1) is 25.5. The summed E-state index contributed by atoms with van der Waals surface area (Å²) in [7, 11) is -2.45. The van der Waals surface area contributed by atoms with Crippen molar-refractivity contribution in [2.75, 3.05) is 17.4 Å². The molecule has 0 spiro atoms. The summed E-state index contributed by atoms with van der Waals surface area (Å²) in [6.07, 6.45) is 0.702. The molecule has 1 atom stereocenters. The predicted octanol–water partition coefficient (Wildman–Crippen LogP) is 5.93. The van der Waals surface area contributed by atoms with Crippen molar-refractivity contribution < 1.29 is 17.9 Å². The minimum atomic E-state index is -4.08. The van der Waals surface area contributed by atoms with Crippen molar-refractivity contribution in [1.82, 2.24) is 4.72 Å². The first-order valence-electron chi connectivity index (χ1n) is 11.9. The number of thiophene rings is 1. The largest absolute Gasteiger partial charge is 0.497 e. The van der Waals surface area contributed by atoms with Gasteiger partial charge in [0, 0.05) is 12.1 Å². The molecule has 38 heavy (non-hydrogen) atoms.